The fourth-order valence-corrected chi connectivity index (χ4v) is 2.60. The molecule has 2 unspecified atom stereocenters. The van der Waals surface area contributed by atoms with E-state index in [0.717, 1.165) is 25.8 Å². The number of nitrogens with one attached hydrogen (secondary N) is 2. The molecule has 1 aromatic carbocycles. The molecule has 0 saturated carbocycles. The molecular formula is C16H24N2O. The molecular weight excluding hydrogens is 236 g/mol. The third-order valence-electron chi connectivity index (χ3n) is 3.90. The molecule has 1 aliphatic heterocycles. The normalized spacial score (nSPS) is 20.9. The smallest absolute Gasteiger partial charge is 0.220 e. The van der Waals surface area contributed by atoms with Gasteiger partial charge in [0.25, 0.3) is 0 Å². The van der Waals surface area contributed by atoms with E-state index in [1.54, 1.807) is 0 Å². The van der Waals surface area contributed by atoms with Crippen LogP contribution in [0, 0.1) is 0 Å². The van der Waals surface area contributed by atoms with Crippen molar-refractivity contribution in [1.82, 2.24) is 10.6 Å². The van der Waals surface area contributed by atoms with Crippen LogP contribution in [0.5, 0.6) is 0 Å². The highest BCUT2D eigenvalue weighted by Crippen LogP contribution is 2.19. The molecule has 3 heteroatoms. The highest BCUT2D eigenvalue weighted by Gasteiger charge is 2.20. The van der Waals surface area contributed by atoms with E-state index in [-0.39, 0.29) is 5.91 Å². The van der Waals surface area contributed by atoms with Crippen molar-refractivity contribution in [2.75, 3.05) is 6.54 Å². The second-order valence-electron chi connectivity index (χ2n) is 5.26. The second kappa shape index (κ2) is 6.71. The number of aryl methyl sites for hydroxylation is 1. The summed E-state index contributed by atoms with van der Waals surface area (Å²) in [6.07, 6.45) is 3.73. The minimum atomic E-state index is 0.179. The Morgan fingerprint density at radius 1 is 1.32 bits per heavy atom. The lowest BCUT2D eigenvalue weighted by atomic mass is 9.99. The molecule has 19 heavy (non-hydrogen) atoms. The maximum atomic E-state index is 11.2. The highest BCUT2D eigenvalue weighted by atomic mass is 16.1. The third-order valence-corrected chi connectivity index (χ3v) is 3.90. The van der Waals surface area contributed by atoms with E-state index >= 15 is 0 Å². The summed E-state index contributed by atoms with van der Waals surface area (Å²) in [5, 5.41) is 6.60. The van der Waals surface area contributed by atoms with Crippen LogP contribution in [0.4, 0.5) is 0 Å². The Labute approximate surface area is 115 Å². The Bertz CT molecular complexity index is 403. The number of benzene rings is 1. The number of hydrogen-bond donors (Lipinski definition) is 2. The van der Waals surface area contributed by atoms with Gasteiger partial charge in [-0.15, -0.1) is 0 Å². The lowest BCUT2D eigenvalue weighted by molar-refractivity contribution is -0.122. The summed E-state index contributed by atoms with van der Waals surface area (Å²) in [4.78, 5) is 11.2. The van der Waals surface area contributed by atoms with Gasteiger partial charge in [-0.05, 0) is 30.4 Å². The van der Waals surface area contributed by atoms with Gasteiger partial charge in [-0.25, -0.2) is 0 Å². The Morgan fingerprint density at radius 2 is 2.05 bits per heavy atom. The van der Waals surface area contributed by atoms with Crippen molar-refractivity contribution in [3.05, 3.63) is 35.4 Å². The van der Waals surface area contributed by atoms with Crippen LogP contribution in [0.3, 0.4) is 0 Å². The number of rotatable bonds is 5. The average molecular weight is 260 g/mol. The molecule has 0 radical (unpaired) electrons. The van der Waals surface area contributed by atoms with Gasteiger partial charge in [0.15, 0.2) is 0 Å². The fourth-order valence-electron chi connectivity index (χ4n) is 2.60. The van der Waals surface area contributed by atoms with Crippen molar-refractivity contribution in [3.63, 3.8) is 0 Å². The SMILES string of the molecule is CCc1ccc(C(CC)NC2CCC(=O)NC2)cc1. The minimum absolute atomic E-state index is 0.179. The number of hydrogen-bond acceptors (Lipinski definition) is 2. The van der Waals surface area contributed by atoms with Gasteiger partial charge in [-0.3, -0.25) is 4.79 Å². The summed E-state index contributed by atoms with van der Waals surface area (Å²) < 4.78 is 0. The molecule has 0 bridgehead atoms. The maximum Gasteiger partial charge on any atom is 0.220 e. The van der Waals surface area contributed by atoms with Crippen LogP contribution in [0.2, 0.25) is 0 Å². The summed E-state index contributed by atoms with van der Waals surface area (Å²) in [5.74, 6) is 0.179. The average Bonchev–Trinajstić information content (AvgIpc) is 2.47. The summed E-state index contributed by atoms with van der Waals surface area (Å²) in [7, 11) is 0. The third kappa shape index (κ3) is 3.80. The van der Waals surface area contributed by atoms with E-state index in [9.17, 15) is 4.79 Å². The number of amides is 1. The zero-order valence-corrected chi connectivity index (χ0v) is 11.9. The van der Waals surface area contributed by atoms with Crippen molar-refractivity contribution >= 4 is 5.91 Å². The van der Waals surface area contributed by atoms with Crippen molar-refractivity contribution < 1.29 is 4.79 Å². The first-order valence-electron chi connectivity index (χ1n) is 7.34. The van der Waals surface area contributed by atoms with E-state index in [4.69, 9.17) is 0 Å². The minimum Gasteiger partial charge on any atom is -0.355 e. The molecule has 1 heterocycles. The van der Waals surface area contributed by atoms with Crippen LogP contribution in [-0.2, 0) is 11.2 Å². The molecule has 2 rings (SSSR count). The van der Waals surface area contributed by atoms with E-state index in [2.05, 4.69) is 48.7 Å². The molecule has 2 atom stereocenters. The number of carbonyl (C=O) groups excluding carboxylic acids is 1. The Balaban J connectivity index is 1.96. The highest BCUT2D eigenvalue weighted by molar-refractivity contribution is 5.76. The van der Waals surface area contributed by atoms with Crippen LogP contribution < -0.4 is 10.6 Å². The van der Waals surface area contributed by atoms with Gasteiger partial charge >= 0.3 is 0 Å². The first-order chi connectivity index (χ1) is 9.22. The zero-order valence-electron chi connectivity index (χ0n) is 11.9. The largest absolute Gasteiger partial charge is 0.355 e. The van der Waals surface area contributed by atoms with Gasteiger partial charge in [-0.2, -0.15) is 0 Å². The first-order valence-corrected chi connectivity index (χ1v) is 7.34. The molecule has 0 aliphatic carbocycles. The topological polar surface area (TPSA) is 41.1 Å². The van der Waals surface area contributed by atoms with Gasteiger partial charge in [0.1, 0.15) is 0 Å². The van der Waals surface area contributed by atoms with E-state index in [0.29, 0.717) is 18.5 Å². The summed E-state index contributed by atoms with van der Waals surface area (Å²) in [6.45, 7) is 5.13. The van der Waals surface area contributed by atoms with Crippen molar-refractivity contribution in [2.45, 2.75) is 51.6 Å². The molecule has 0 aromatic heterocycles. The van der Waals surface area contributed by atoms with Crippen LogP contribution >= 0.6 is 0 Å². The van der Waals surface area contributed by atoms with Crippen LogP contribution in [-0.4, -0.2) is 18.5 Å². The molecule has 2 N–H and O–H groups in total. The van der Waals surface area contributed by atoms with Gasteiger partial charge in [0.2, 0.25) is 5.91 Å². The van der Waals surface area contributed by atoms with Crippen LogP contribution in [0.25, 0.3) is 0 Å². The number of carbonyl (C=O) groups is 1. The molecule has 104 valence electrons. The van der Waals surface area contributed by atoms with Gasteiger partial charge < -0.3 is 10.6 Å². The molecule has 1 saturated heterocycles. The van der Waals surface area contributed by atoms with Crippen LogP contribution in [0.15, 0.2) is 24.3 Å². The molecule has 3 nitrogen and oxygen atoms in total. The molecule has 1 amide bonds. The van der Waals surface area contributed by atoms with Gasteiger partial charge in [0.05, 0.1) is 0 Å². The molecule has 1 aliphatic rings. The Kier molecular flexibility index (Phi) is 4.97. The predicted molar refractivity (Wildman–Crippen MR) is 78.0 cm³/mol. The predicted octanol–water partition coefficient (Wildman–Crippen LogP) is 2.57. The van der Waals surface area contributed by atoms with E-state index in [1.165, 1.54) is 11.1 Å². The van der Waals surface area contributed by atoms with Gasteiger partial charge in [0, 0.05) is 25.0 Å². The standard InChI is InChI=1S/C16H24N2O/c1-3-12-5-7-13(8-6-12)15(4-2)18-14-9-10-16(19)17-11-14/h5-8,14-15,18H,3-4,9-11H2,1-2H3,(H,17,19). The Hall–Kier alpha value is -1.35. The van der Waals surface area contributed by atoms with Crippen molar-refractivity contribution in [1.29, 1.82) is 0 Å². The summed E-state index contributed by atoms with van der Waals surface area (Å²) >= 11 is 0. The lowest BCUT2D eigenvalue weighted by Gasteiger charge is -2.28. The summed E-state index contributed by atoms with van der Waals surface area (Å²) in [6, 6.07) is 9.65. The number of piperidine rings is 1. The quantitative estimate of drug-likeness (QED) is 0.854. The lowest BCUT2D eigenvalue weighted by Crippen LogP contribution is -2.46. The zero-order chi connectivity index (χ0) is 13.7. The van der Waals surface area contributed by atoms with Crippen LogP contribution in [0.1, 0.15) is 50.3 Å². The Morgan fingerprint density at radius 3 is 2.58 bits per heavy atom. The monoisotopic (exact) mass is 260 g/mol. The molecule has 1 aromatic rings. The van der Waals surface area contributed by atoms with Gasteiger partial charge in [-0.1, -0.05) is 38.1 Å². The first kappa shape index (κ1) is 14.1. The molecule has 1 fully saturated rings. The summed E-state index contributed by atoms with van der Waals surface area (Å²) in [5.41, 5.74) is 2.72. The fraction of sp³-hybridized carbons (Fsp3) is 0.562. The van der Waals surface area contributed by atoms with Crippen molar-refractivity contribution in [3.8, 4) is 0 Å². The second-order valence-corrected chi connectivity index (χ2v) is 5.26. The van der Waals surface area contributed by atoms with E-state index < -0.39 is 0 Å². The van der Waals surface area contributed by atoms with E-state index in [1.807, 2.05) is 0 Å². The molecule has 0 spiro atoms. The maximum absolute atomic E-state index is 11.2. The van der Waals surface area contributed by atoms with Crippen molar-refractivity contribution in [2.24, 2.45) is 0 Å².